The molecule has 2 saturated heterocycles. The van der Waals surface area contributed by atoms with E-state index in [4.69, 9.17) is 0 Å². The molecule has 2 bridgehead atoms. The van der Waals surface area contributed by atoms with Gasteiger partial charge in [-0.3, -0.25) is 4.90 Å². The molecule has 0 spiro atoms. The van der Waals surface area contributed by atoms with E-state index in [0.717, 1.165) is 18.6 Å². The van der Waals surface area contributed by atoms with E-state index in [0.29, 0.717) is 0 Å². The van der Waals surface area contributed by atoms with Crippen molar-refractivity contribution in [2.75, 3.05) is 13.1 Å². The van der Waals surface area contributed by atoms with Gasteiger partial charge < -0.3 is 5.32 Å². The molecule has 2 atom stereocenters. The standard InChI is InChI=1S/C13H18N2.2ClH/c1-2-4-11(5-3-1)8-15-9-12-6-7-13(10-15)14-12;;/h1-5,12-14H,6-10H2;2*1H. The summed E-state index contributed by atoms with van der Waals surface area (Å²) in [6.45, 7) is 3.58. The molecule has 0 radical (unpaired) electrons. The van der Waals surface area contributed by atoms with Crippen molar-refractivity contribution >= 4 is 24.8 Å². The zero-order valence-electron chi connectivity index (χ0n) is 9.84. The zero-order valence-corrected chi connectivity index (χ0v) is 11.5. The average molecular weight is 275 g/mol. The fourth-order valence-corrected chi connectivity index (χ4v) is 2.86. The summed E-state index contributed by atoms with van der Waals surface area (Å²) in [5.74, 6) is 0. The molecule has 0 saturated carbocycles. The zero-order chi connectivity index (χ0) is 10.1. The van der Waals surface area contributed by atoms with Crippen molar-refractivity contribution in [1.82, 2.24) is 10.2 Å². The molecule has 1 aromatic rings. The molecule has 2 fully saturated rings. The van der Waals surface area contributed by atoms with Crippen LogP contribution in [0.25, 0.3) is 0 Å². The lowest BCUT2D eigenvalue weighted by Crippen LogP contribution is -2.50. The van der Waals surface area contributed by atoms with Gasteiger partial charge in [-0.1, -0.05) is 30.3 Å². The van der Waals surface area contributed by atoms with Crippen LogP contribution in [0.4, 0.5) is 0 Å². The number of rotatable bonds is 2. The number of fused-ring (bicyclic) bond motifs is 2. The second kappa shape index (κ2) is 6.60. The minimum atomic E-state index is 0. The van der Waals surface area contributed by atoms with Crippen LogP contribution in [0.3, 0.4) is 0 Å². The molecule has 1 N–H and O–H groups in total. The van der Waals surface area contributed by atoms with Crippen molar-refractivity contribution in [3.8, 4) is 0 Å². The van der Waals surface area contributed by atoms with Crippen molar-refractivity contribution in [1.29, 1.82) is 0 Å². The highest BCUT2D eigenvalue weighted by Crippen LogP contribution is 2.21. The normalized spacial score (nSPS) is 27.1. The van der Waals surface area contributed by atoms with Crippen LogP contribution in [0.15, 0.2) is 30.3 Å². The van der Waals surface area contributed by atoms with Crippen molar-refractivity contribution in [3.05, 3.63) is 35.9 Å². The van der Waals surface area contributed by atoms with Gasteiger partial charge in [-0.15, -0.1) is 24.8 Å². The topological polar surface area (TPSA) is 15.3 Å². The van der Waals surface area contributed by atoms with E-state index in [1.54, 1.807) is 0 Å². The van der Waals surface area contributed by atoms with Gasteiger partial charge in [0.2, 0.25) is 0 Å². The lowest BCUT2D eigenvalue weighted by molar-refractivity contribution is 0.189. The van der Waals surface area contributed by atoms with E-state index in [9.17, 15) is 0 Å². The van der Waals surface area contributed by atoms with E-state index < -0.39 is 0 Å². The van der Waals surface area contributed by atoms with Crippen LogP contribution >= 0.6 is 24.8 Å². The van der Waals surface area contributed by atoms with Gasteiger partial charge in [0.05, 0.1) is 0 Å². The summed E-state index contributed by atoms with van der Waals surface area (Å²) in [5.41, 5.74) is 1.44. The SMILES string of the molecule is Cl.Cl.c1ccc(CN2CC3CCC(C2)N3)cc1. The molecule has 3 rings (SSSR count). The molecular weight excluding hydrogens is 255 g/mol. The lowest BCUT2D eigenvalue weighted by atomic mass is 10.1. The fourth-order valence-electron chi connectivity index (χ4n) is 2.86. The monoisotopic (exact) mass is 274 g/mol. The Hall–Kier alpha value is -0.280. The Morgan fingerprint density at radius 3 is 2.18 bits per heavy atom. The summed E-state index contributed by atoms with van der Waals surface area (Å²) in [7, 11) is 0. The average Bonchev–Trinajstić information content (AvgIpc) is 2.60. The summed E-state index contributed by atoms with van der Waals surface area (Å²) in [6, 6.07) is 12.3. The second-order valence-corrected chi connectivity index (χ2v) is 4.82. The van der Waals surface area contributed by atoms with Gasteiger partial charge >= 0.3 is 0 Å². The molecule has 2 aliphatic rings. The van der Waals surface area contributed by atoms with E-state index >= 15 is 0 Å². The Kier molecular flexibility index (Phi) is 5.74. The third kappa shape index (κ3) is 3.59. The fraction of sp³-hybridized carbons (Fsp3) is 0.538. The molecule has 2 aliphatic heterocycles. The second-order valence-electron chi connectivity index (χ2n) is 4.82. The Morgan fingerprint density at radius 2 is 1.59 bits per heavy atom. The number of nitrogens with one attached hydrogen (secondary N) is 1. The third-order valence-corrected chi connectivity index (χ3v) is 3.54. The smallest absolute Gasteiger partial charge is 0.0235 e. The van der Waals surface area contributed by atoms with Gasteiger partial charge in [-0.2, -0.15) is 0 Å². The van der Waals surface area contributed by atoms with Gasteiger partial charge in [0.1, 0.15) is 0 Å². The number of benzene rings is 1. The predicted molar refractivity (Wildman–Crippen MR) is 76.2 cm³/mol. The van der Waals surface area contributed by atoms with Crippen LogP contribution in [0.2, 0.25) is 0 Å². The summed E-state index contributed by atoms with van der Waals surface area (Å²) in [4.78, 5) is 2.59. The van der Waals surface area contributed by atoms with E-state index in [1.165, 1.54) is 31.5 Å². The van der Waals surface area contributed by atoms with E-state index in [-0.39, 0.29) is 24.8 Å². The predicted octanol–water partition coefficient (Wildman–Crippen LogP) is 2.47. The third-order valence-electron chi connectivity index (χ3n) is 3.54. The maximum Gasteiger partial charge on any atom is 0.0235 e. The van der Waals surface area contributed by atoms with Crippen molar-refractivity contribution in [2.24, 2.45) is 0 Å². The number of piperazine rings is 1. The van der Waals surface area contributed by atoms with Crippen LogP contribution in [-0.2, 0) is 6.54 Å². The van der Waals surface area contributed by atoms with Crippen LogP contribution in [-0.4, -0.2) is 30.1 Å². The van der Waals surface area contributed by atoms with E-state index in [1.807, 2.05) is 0 Å². The number of nitrogens with zero attached hydrogens (tertiary/aromatic N) is 1. The van der Waals surface area contributed by atoms with Gasteiger partial charge in [0, 0.05) is 31.7 Å². The summed E-state index contributed by atoms with van der Waals surface area (Å²) in [5, 5.41) is 3.66. The van der Waals surface area contributed by atoms with Crippen molar-refractivity contribution in [3.63, 3.8) is 0 Å². The molecule has 96 valence electrons. The maximum atomic E-state index is 3.66. The highest BCUT2D eigenvalue weighted by atomic mass is 35.5. The Labute approximate surface area is 116 Å². The Morgan fingerprint density at radius 1 is 1.00 bits per heavy atom. The van der Waals surface area contributed by atoms with E-state index in [2.05, 4.69) is 40.5 Å². The number of hydrogen-bond donors (Lipinski definition) is 1. The highest BCUT2D eigenvalue weighted by molar-refractivity contribution is 5.85. The highest BCUT2D eigenvalue weighted by Gasteiger charge is 2.31. The summed E-state index contributed by atoms with van der Waals surface area (Å²) in [6.07, 6.45) is 2.74. The lowest BCUT2D eigenvalue weighted by Gasteiger charge is -2.32. The largest absolute Gasteiger partial charge is 0.309 e. The molecule has 0 aromatic heterocycles. The first-order valence-electron chi connectivity index (χ1n) is 5.92. The van der Waals surface area contributed by atoms with Crippen LogP contribution in [0.5, 0.6) is 0 Å². The molecule has 0 amide bonds. The molecular formula is C13H20Cl2N2. The van der Waals surface area contributed by atoms with Gasteiger partial charge in [-0.05, 0) is 18.4 Å². The molecule has 1 aromatic carbocycles. The van der Waals surface area contributed by atoms with Crippen LogP contribution < -0.4 is 5.32 Å². The Balaban J connectivity index is 0.000000722. The maximum absolute atomic E-state index is 3.66. The summed E-state index contributed by atoms with van der Waals surface area (Å²) >= 11 is 0. The number of likely N-dealkylation sites (tertiary alicyclic amines) is 1. The first-order chi connectivity index (χ1) is 7.40. The molecule has 2 nitrogen and oxygen atoms in total. The molecule has 2 heterocycles. The minimum Gasteiger partial charge on any atom is -0.309 e. The number of hydrogen-bond acceptors (Lipinski definition) is 2. The van der Waals surface area contributed by atoms with Gasteiger partial charge in [0.15, 0.2) is 0 Å². The first-order valence-corrected chi connectivity index (χ1v) is 5.92. The summed E-state index contributed by atoms with van der Waals surface area (Å²) < 4.78 is 0. The van der Waals surface area contributed by atoms with Crippen LogP contribution in [0.1, 0.15) is 18.4 Å². The molecule has 17 heavy (non-hydrogen) atoms. The minimum absolute atomic E-state index is 0. The van der Waals surface area contributed by atoms with Gasteiger partial charge in [0.25, 0.3) is 0 Å². The van der Waals surface area contributed by atoms with Crippen molar-refractivity contribution in [2.45, 2.75) is 31.5 Å². The van der Waals surface area contributed by atoms with Gasteiger partial charge in [-0.25, -0.2) is 0 Å². The van der Waals surface area contributed by atoms with Crippen LogP contribution in [0, 0.1) is 0 Å². The Bertz CT molecular complexity index is 319. The molecule has 2 unspecified atom stereocenters. The van der Waals surface area contributed by atoms with Crippen molar-refractivity contribution < 1.29 is 0 Å². The number of halogens is 2. The quantitative estimate of drug-likeness (QED) is 0.892. The molecule has 4 heteroatoms. The first kappa shape index (κ1) is 14.8. The molecule has 0 aliphatic carbocycles.